The molecule has 0 aromatic heterocycles. The summed E-state index contributed by atoms with van der Waals surface area (Å²) in [4.78, 5) is 4.55. The van der Waals surface area contributed by atoms with Crippen LogP contribution in [0, 0.1) is 6.92 Å². The van der Waals surface area contributed by atoms with Gasteiger partial charge in [-0.1, -0.05) is 18.2 Å². The van der Waals surface area contributed by atoms with Gasteiger partial charge >= 0.3 is 0 Å². The zero-order valence-electron chi connectivity index (χ0n) is 15.5. The predicted octanol–water partition coefficient (Wildman–Crippen LogP) is 3.36. The lowest BCUT2D eigenvalue weighted by molar-refractivity contribution is 0.0310. The van der Waals surface area contributed by atoms with E-state index in [1.165, 1.54) is 0 Å². The number of ether oxygens (including phenoxy) is 2. The minimum absolute atomic E-state index is 0. The Labute approximate surface area is 163 Å². The van der Waals surface area contributed by atoms with Crippen LogP contribution in [0.15, 0.2) is 29.3 Å². The number of nitrogens with zero attached hydrogens (tertiary/aromatic N) is 1. The number of guanidine groups is 1. The summed E-state index contributed by atoms with van der Waals surface area (Å²) in [6.07, 6.45) is 0.909. The Hall–Kier alpha value is -1.02. The fourth-order valence-electron chi connectivity index (χ4n) is 1.86. The minimum Gasteiger partial charge on any atom is -0.493 e. The smallest absolute Gasteiger partial charge is 0.191 e. The summed E-state index contributed by atoms with van der Waals surface area (Å²) in [6.45, 7) is 11.1. The van der Waals surface area contributed by atoms with Crippen molar-refractivity contribution in [3.8, 4) is 5.75 Å². The Morgan fingerprint density at radius 2 is 1.92 bits per heavy atom. The lowest BCUT2D eigenvalue weighted by atomic mass is 10.1. The van der Waals surface area contributed by atoms with Crippen LogP contribution < -0.4 is 15.4 Å². The van der Waals surface area contributed by atoms with Crippen LogP contribution in [-0.4, -0.2) is 44.9 Å². The topological polar surface area (TPSA) is 54.9 Å². The first kappa shape index (κ1) is 23.0. The number of rotatable bonds is 9. The molecule has 0 aliphatic rings. The van der Waals surface area contributed by atoms with E-state index in [1.807, 2.05) is 32.0 Å². The molecule has 0 aliphatic carbocycles. The average molecular weight is 449 g/mol. The lowest BCUT2D eigenvalue weighted by Gasteiger charge is -2.21. The quantitative estimate of drug-likeness (QED) is 0.263. The maximum absolute atomic E-state index is 5.79. The van der Waals surface area contributed by atoms with Gasteiger partial charge in [0.05, 0.1) is 18.8 Å². The van der Waals surface area contributed by atoms with E-state index in [2.05, 4.69) is 35.5 Å². The molecular weight excluding hydrogens is 417 g/mol. The molecule has 2 N–H and O–H groups in total. The molecule has 0 aliphatic heterocycles. The molecule has 0 amide bonds. The number of aliphatic imine (C=N–C) groups is 1. The zero-order chi connectivity index (χ0) is 17.1. The normalized spacial score (nSPS) is 11.6. The van der Waals surface area contributed by atoms with Gasteiger partial charge in [0.15, 0.2) is 5.96 Å². The van der Waals surface area contributed by atoms with E-state index >= 15 is 0 Å². The van der Waals surface area contributed by atoms with Crippen LogP contribution in [0.1, 0.15) is 32.8 Å². The molecule has 0 saturated heterocycles. The molecule has 5 nitrogen and oxygen atoms in total. The first-order valence-corrected chi connectivity index (χ1v) is 8.24. The van der Waals surface area contributed by atoms with E-state index in [0.717, 1.165) is 36.8 Å². The standard InChI is InChI=1S/C18H31N3O2.HI/c1-6-19-17(21-14-18(3,4)22-5)20-12-9-13-23-16-11-8-7-10-15(16)2;/h7-8,10-11H,6,9,12-14H2,1-5H3,(H2,19,20,21);1H. The molecule has 1 rings (SSSR count). The summed E-state index contributed by atoms with van der Waals surface area (Å²) in [6, 6.07) is 8.07. The fourth-order valence-corrected chi connectivity index (χ4v) is 1.86. The lowest BCUT2D eigenvalue weighted by Crippen LogP contribution is -2.39. The Balaban J connectivity index is 0.00000529. The molecule has 1 aromatic rings. The summed E-state index contributed by atoms with van der Waals surface area (Å²) in [5.41, 5.74) is 0.910. The van der Waals surface area contributed by atoms with Gasteiger partial charge in [0.1, 0.15) is 5.75 Å². The van der Waals surface area contributed by atoms with Gasteiger partial charge in [0, 0.05) is 20.2 Å². The van der Waals surface area contributed by atoms with Gasteiger partial charge < -0.3 is 20.1 Å². The van der Waals surface area contributed by atoms with E-state index in [1.54, 1.807) is 7.11 Å². The van der Waals surface area contributed by atoms with Gasteiger partial charge in [-0.2, -0.15) is 0 Å². The molecule has 0 heterocycles. The minimum atomic E-state index is -0.254. The van der Waals surface area contributed by atoms with Crippen LogP contribution in [0.5, 0.6) is 5.75 Å². The van der Waals surface area contributed by atoms with E-state index in [-0.39, 0.29) is 29.6 Å². The average Bonchev–Trinajstić information content (AvgIpc) is 2.54. The third-order valence-corrected chi connectivity index (χ3v) is 3.48. The molecule has 24 heavy (non-hydrogen) atoms. The van der Waals surface area contributed by atoms with Crippen molar-refractivity contribution < 1.29 is 9.47 Å². The second-order valence-electron chi connectivity index (χ2n) is 6.05. The molecule has 0 spiro atoms. The molecule has 138 valence electrons. The fraction of sp³-hybridized carbons (Fsp3) is 0.611. The number of para-hydroxylation sites is 1. The number of nitrogens with one attached hydrogen (secondary N) is 2. The second-order valence-corrected chi connectivity index (χ2v) is 6.05. The number of hydrogen-bond donors (Lipinski definition) is 2. The summed E-state index contributed by atoms with van der Waals surface area (Å²) in [5, 5.41) is 6.56. The van der Waals surface area contributed by atoms with E-state index in [9.17, 15) is 0 Å². The van der Waals surface area contributed by atoms with Crippen LogP contribution in [0.25, 0.3) is 0 Å². The predicted molar refractivity (Wildman–Crippen MR) is 112 cm³/mol. The first-order chi connectivity index (χ1) is 11.0. The van der Waals surface area contributed by atoms with Crippen molar-refractivity contribution >= 4 is 29.9 Å². The SMILES string of the molecule is CCNC(=NCC(C)(C)OC)NCCCOc1ccccc1C.I. The summed E-state index contributed by atoms with van der Waals surface area (Å²) >= 11 is 0. The maximum Gasteiger partial charge on any atom is 0.191 e. The van der Waals surface area contributed by atoms with E-state index < -0.39 is 0 Å². The highest BCUT2D eigenvalue weighted by molar-refractivity contribution is 14.0. The molecule has 0 atom stereocenters. The number of aryl methyl sites for hydroxylation is 1. The van der Waals surface area contributed by atoms with Crippen molar-refractivity contribution in [2.75, 3.05) is 33.4 Å². The summed E-state index contributed by atoms with van der Waals surface area (Å²) in [7, 11) is 1.71. The zero-order valence-corrected chi connectivity index (χ0v) is 17.8. The largest absolute Gasteiger partial charge is 0.493 e. The third-order valence-electron chi connectivity index (χ3n) is 3.48. The van der Waals surface area contributed by atoms with Crippen molar-refractivity contribution in [3.05, 3.63) is 29.8 Å². The van der Waals surface area contributed by atoms with Crippen molar-refractivity contribution in [2.24, 2.45) is 4.99 Å². The molecular formula is C18H32IN3O2. The third kappa shape index (κ3) is 9.32. The molecule has 0 bridgehead atoms. The van der Waals surface area contributed by atoms with Gasteiger partial charge in [-0.3, -0.25) is 4.99 Å². The molecule has 6 heteroatoms. The highest BCUT2D eigenvalue weighted by Gasteiger charge is 2.15. The van der Waals surface area contributed by atoms with E-state index in [4.69, 9.17) is 9.47 Å². The van der Waals surface area contributed by atoms with Gasteiger partial charge in [-0.15, -0.1) is 24.0 Å². The first-order valence-electron chi connectivity index (χ1n) is 8.24. The Morgan fingerprint density at radius 3 is 2.54 bits per heavy atom. The van der Waals surface area contributed by atoms with Gasteiger partial charge in [-0.05, 0) is 45.7 Å². The Bertz CT molecular complexity index is 493. The molecule has 1 aromatic carbocycles. The number of hydrogen-bond acceptors (Lipinski definition) is 3. The van der Waals surface area contributed by atoms with Crippen molar-refractivity contribution in [2.45, 2.75) is 39.7 Å². The number of methoxy groups -OCH3 is 1. The van der Waals surface area contributed by atoms with Crippen LogP contribution in [0.2, 0.25) is 0 Å². The molecule has 0 unspecified atom stereocenters. The van der Waals surface area contributed by atoms with E-state index in [0.29, 0.717) is 13.2 Å². The summed E-state index contributed by atoms with van der Waals surface area (Å²) in [5.74, 6) is 1.77. The maximum atomic E-state index is 5.79. The highest BCUT2D eigenvalue weighted by atomic mass is 127. The molecule has 0 fully saturated rings. The van der Waals surface area contributed by atoms with Gasteiger partial charge in [-0.25, -0.2) is 0 Å². The van der Waals surface area contributed by atoms with Crippen LogP contribution in [-0.2, 0) is 4.74 Å². The monoisotopic (exact) mass is 449 g/mol. The highest BCUT2D eigenvalue weighted by Crippen LogP contribution is 2.15. The van der Waals surface area contributed by atoms with Crippen LogP contribution >= 0.6 is 24.0 Å². The Morgan fingerprint density at radius 1 is 1.21 bits per heavy atom. The van der Waals surface area contributed by atoms with Crippen LogP contribution in [0.4, 0.5) is 0 Å². The van der Waals surface area contributed by atoms with Crippen LogP contribution in [0.3, 0.4) is 0 Å². The van der Waals surface area contributed by atoms with Gasteiger partial charge in [0.25, 0.3) is 0 Å². The summed E-state index contributed by atoms with van der Waals surface area (Å²) < 4.78 is 11.2. The molecule has 0 radical (unpaired) electrons. The van der Waals surface area contributed by atoms with Crippen molar-refractivity contribution in [3.63, 3.8) is 0 Å². The van der Waals surface area contributed by atoms with Gasteiger partial charge in [0.2, 0.25) is 0 Å². The second kappa shape index (κ2) is 12.4. The Kier molecular flexibility index (Phi) is 11.8. The van der Waals surface area contributed by atoms with Crippen molar-refractivity contribution in [1.82, 2.24) is 10.6 Å². The molecule has 0 saturated carbocycles. The number of benzene rings is 1. The van der Waals surface area contributed by atoms with Crippen molar-refractivity contribution in [1.29, 1.82) is 0 Å². The number of halogens is 1.